The molecule has 0 unspecified atom stereocenters. The first-order valence-electron chi connectivity index (χ1n) is 11.6. The van der Waals surface area contributed by atoms with Gasteiger partial charge in [-0.25, -0.2) is 10.3 Å². The number of hydrogen-bond donors (Lipinski definition) is 5. The molecule has 9 nitrogen and oxygen atoms in total. The minimum atomic E-state index is -1.13. The van der Waals surface area contributed by atoms with Gasteiger partial charge in [-0.3, -0.25) is 19.6 Å². The molecule has 2 atom stereocenters. The summed E-state index contributed by atoms with van der Waals surface area (Å²) in [6, 6.07) is 15.0. The molecular weight excluding hydrogens is 450 g/mol. The summed E-state index contributed by atoms with van der Waals surface area (Å²) in [7, 11) is 0. The Bertz CT molecular complexity index is 992. The lowest BCUT2D eigenvalue weighted by Gasteiger charge is -2.22. The van der Waals surface area contributed by atoms with Crippen LogP contribution >= 0.6 is 0 Å². The lowest BCUT2D eigenvalue weighted by Crippen LogP contribution is -2.51. The quantitative estimate of drug-likeness (QED) is 0.168. The highest BCUT2D eigenvalue weighted by Gasteiger charge is 2.30. The Kier molecular flexibility index (Phi) is 10.9. The normalized spacial score (nSPS) is 12.5. The minimum absolute atomic E-state index is 0.0205. The Morgan fingerprint density at radius 2 is 1.46 bits per heavy atom. The van der Waals surface area contributed by atoms with Gasteiger partial charge in [0.2, 0.25) is 11.8 Å². The second-order valence-electron chi connectivity index (χ2n) is 8.79. The van der Waals surface area contributed by atoms with Gasteiger partial charge in [-0.2, -0.15) is 0 Å². The fraction of sp³-hybridized carbons (Fsp3) is 0.385. The fourth-order valence-electron chi connectivity index (χ4n) is 3.65. The van der Waals surface area contributed by atoms with Crippen LogP contribution in [-0.4, -0.2) is 46.6 Å². The van der Waals surface area contributed by atoms with Crippen molar-refractivity contribution in [2.24, 2.45) is 11.8 Å². The Labute approximate surface area is 204 Å². The van der Waals surface area contributed by atoms with E-state index >= 15 is 0 Å². The van der Waals surface area contributed by atoms with E-state index in [-0.39, 0.29) is 30.4 Å². The van der Waals surface area contributed by atoms with Gasteiger partial charge in [-0.1, -0.05) is 56.3 Å². The number of carboxylic acid groups (broad SMARTS) is 1. The molecule has 5 N–H and O–H groups in total. The van der Waals surface area contributed by atoms with Gasteiger partial charge in [-0.05, 0) is 54.9 Å². The number of rotatable bonds is 13. The van der Waals surface area contributed by atoms with Crippen molar-refractivity contribution in [2.45, 2.75) is 45.6 Å². The van der Waals surface area contributed by atoms with Crippen LogP contribution in [0.15, 0.2) is 54.6 Å². The molecule has 2 aromatic rings. The Hall–Kier alpha value is -3.72. The summed E-state index contributed by atoms with van der Waals surface area (Å²) in [4.78, 5) is 48.9. The molecule has 188 valence electrons. The molecular formula is C26H33N3O6. The van der Waals surface area contributed by atoms with E-state index in [2.05, 4.69) is 10.6 Å². The third-order valence-electron chi connectivity index (χ3n) is 5.56. The molecule has 0 saturated heterocycles. The second-order valence-corrected chi connectivity index (χ2v) is 8.79. The molecule has 0 fully saturated rings. The fourth-order valence-corrected chi connectivity index (χ4v) is 3.65. The van der Waals surface area contributed by atoms with Crippen LogP contribution in [0.4, 0.5) is 0 Å². The van der Waals surface area contributed by atoms with Gasteiger partial charge in [0, 0.05) is 6.54 Å². The predicted octanol–water partition coefficient (Wildman–Crippen LogP) is 2.33. The van der Waals surface area contributed by atoms with Crippen LogP contribution in [0, 0.1) is 11.8 Å². The van der Waals surface area contributed by atoms with E-state index in [1.807, 2.05) is 44.2 Å². The molecule has 0 aliphatic rings. The SMILES string of the molecule is CC(C)C[C@@H](C(=O)NO)C(=O)N[C@@H](CCc1ccccc1)C(=O)NCCc1ccc(C(=O)O)cc1. The van der Waals surface area contributed by atoms with Crippen molar-refractivity contribution in [2.75, 3.05) is 6.54 Å². The molecule has 35 heavy (non-hydrogen) atoms. The number of hydroxylamine groups is 1. The maximum atomic E-state index is 13.0. The highest BCUT2D eigenvalue weighted by molar-refractivity contribution is 6.01. The van der Waals surface area contributed by atoms with Gasteiger partial charge in [0.25, 0.3) is 5.91 Å². The molecule has 0 radical (unpaired) electrons. The highest BCUT2D eigenvalue weighted by Crippen LogP contribution is 2.14. The van der Waals surface area contributed by atoms with E-state index in [4.69, 9.17) is 10.3 Å². The van der Waals surface area contributed by atoms with Crippen molar-refractivity contribution >= 4 is 23.7 Å². The lowest BCUT2D eigenvalue weighted by atomic mass is 9.95. The van der Waals surface area contributed by atoms with Crippen LogP contribution < -0.4 is 16.1 Å². The maximum Gasteiger partial charge on any atom is 0.335 e. The number of aromatic carboxylic acids is 1. The molecule has 3 amide bonds. The summed E-state index contributed by atoms with van der Waals surface area (Å²) >= 11 is 0. The molecule has 9 heteroatoms. The average molecular weight is 484 g/mol. The van der Waals surface area contributed by atoms with Crippen LogP contribution in [0.1, 0.15) is 48.2 Å². The zero-order valence-electron chi connectivity index (χ0n) is 20.0. The number of carbonyl (C=O) groups excluding carboxylic acids is 3. The molecule has 0 saturated carbocycles. The number of carboxylic acids is 1. The van der Waals surface area contributed by atoms with Crippen molar-refractivity contribution in [3.63, 3.8) is 0 Å². The standard InChI is InChI=1S/C26H33N3O6/c1-17(2)16-21(24(31)29-35)23(30)28-22(13-10-18-6-4-3-5-7-18)25(32)27-15-14-19-8-11-20(12-9-19)26(33)34/h3-9,11-12,17,21-22,35H,10,13-16H2,1-2H3,(H,27,32)(H,28,30)(H,29,31)(H,33,34)/t21-,22+/m1/s1. The number of aryl methyl sites for hydroxylation is 1. The van der Waals surface area contributed by atoms with Crippen molar-refractivity contribution in [3.8, 4) is 0 Å². The van der Waals surface area contributed by atoms with E-state index in [1.54, 1.807) is 12.1 Å². The minimum Gasteiger partial charge on any atom is -0.478 e. The van der Waals surface area contributed by atoms with Crippen molar-refractivity contribution < 1.29 is 29.5 Å². The third-order valence-corrected chi connectivity index (χ3v) is 5.56. The first kappa shape index (κ1) is 27.5. The summed E-state index contributed by atoms with van der Waals surface area (Å²) in [5.74, 6) is -3.94. The molecule has 0 spiro atoms. The van der Waals surface area contributed by atoms with Gasteiger partial charge in [0.1, 0.15) is 12.0 Å². The summed E-state index contributed by atoms with van der Waals surface area (Å²) in [5, 5.41) is 23.5. The van der Waals surface area contributed by atoms with Gasteiger partial charge in [0.05, 0.1) is 5.56 Å². The van der Waals surface area contributed by atoms with E-state index in [1.165, 1.54) is 17.6 Å². The Balaban J connectivity index is 2.05. The Morgan fingerprint density at radius 3 is 2.03 bits per heavy atom. The van der Waals surface area contributed by atoms with Crippen LogP contribution in [0.3, 0.4) is 0 Å². The molecule has 2 aromatic carbocycles. The zero-order valence-corrected chi connectivity index (χ0v) is 20.0. The molecule has 0 aliphatic heterocycles. The number of benzene rings is 2. The van der Waals surface area contributed by atoms with Gasteiger partial charge in [-0.15, -0.1) is 0 Å². The van der Waals surface area contributed by atoms with Crippen molar-refractivity contribution in [1.29, 1.82) is 0 Å². The zero-order chi connectivity index (χ0) is 25.8. The van der Waals surface area contributed by atoms with Gasteiger partial charge >= 0.3 is 5.97 Å². The number of hydrogen-bond acceptors (Lipinski definition) is 5. The largest absolute Gasteiger partial charge is 0.478 e. The topological polar surface area (TPSA) is 145 Å². The molecule has 2 rings (SSSR count). The van der Waals surface area contributed by atoms with Crippen molar-refractivity contribution in [3.05, 3.63) is 71.3 Å². The lowest BCUT2D eigenvalue weighted by molar-refractivity contribution is -0.143. The average Bonchev–Trinajstić information content (AvgIpc) is 2.85. The number of amides is 3. The molecule has 0 aromatic heterocycles. The first-order chi connectivity index (χ1) is 16.7. The van der Waals surface area contributed by atoms with Crippen molar-refractivity contribution in [1.82, 2.24) is 16.1 Å². The van der Waals surface area contributed by atoms with Gasteiger partial charge in [0.15, 0.2) is 0 Å². The summed E-state index contributed by atoms with van der Waals surface area (Å²) in [6.07, 6.45) is 1.56. The second kappa shape index (κ2) is 13.9. The summed E-state index contributed by atoms with van der Waals surface area (Å²) < 4.78 is 0. The molecule has 0 bridgehead atoms. The number of carbonyl (C=O) groups is 4. The van der Waals surface area contributed by atoms with Crippen LogP contribution in [0.2, 0.25) is 0 Å². The highest BCUT2D eigenvalue weighted by atomic mass is 16.5. The van der Waals surface area contributed by atoms with E-state index in [0.29, 0.717) is 19.3 Å². The van der Waals surface area contributed by atoms with Crippen LogP contribution in [-0.2, 0) is 27.2 Å². The molecule has 0 aliphatic carbocycles. The van der Waals surface area contributed by atoms with Gasteiger partial charge < -0.3 is 15.7 Å². The van der Waals surface area contributed by atoms with E-state index < -0.39 is 29.7 Å². The van der Waals surface area contributed by atoms with E-state index in [0.717, 1.165) is 11.1 Å². The number of nitrogens with one attached hydrogen (secondary N) is 3. The monoisotopic (exact) mass is 483 g/mol. The summed E-state index contributed by atoms with van der Waals surface area (Å²) in [6.45, 7) is 4.00. The maximum absolute atomic E-state index is 13.0. The first-order valence-corrected chi connectivity index (χ1v) is 11.6. The Morgan fingerprint density at radius 1 is 0.829 bits per heavy atom. The van der Waals surface area contributed by atoms with Crippen LogP contribution in [0.5, 0.6) is 0 Å². The van der Waals surface area contributed by atoms with Crippen LogP contribution in [0.25, 0.3) is 0 Å². The predicted molar refractivity (Wildman–Crippen MR) is 130 cm³/mol. The summed E-state index contributed by atoms with van der Waals surface area (Å²) in [5.41, 5.74) is 3.59. The third kappa shape index (κ3) is 9.21. The smallest absolute Gasteiger partial charge is 0.335 e. The molecule has 0 heterocycles. The van der Waals surface area contributed by atoms with E-state index in [9.17, 15) is 19.2 Å².